The molecular weight excluding hydrogens is 230 g/mol. The summed E-state index contributed by atoms with van der Waals surface area (Å²) in [5.74, 6) is 0.823. The van der Waals surface area contributed by atoms with E-state index in [0.717, 1.165) is 23.6 Å². The van der Waals surface area contributed by atoms with Gasteiger partial charge in [-0.05, 0) is 19.1 Å². The van der Waals surface area contributed by atoms with Crippen LogP contribution >= 0.6 is 0 Å². The quantitative estimate of drug-likeness (QED) is 0.690. The number of nitrogens with one attached hydrogen (secondary N) is 3. The van der Waals surface area contributed by atoms with E-state index in [1.165, 1.54) is 0 Å². The van der Waals surface area contributed by atoms with Crippen LogP contribution in [0, 0.1) is 6.92 Å². The third kappa shape index (κ3) is 2.06. The van der Waals surface area contributed by atoms with Crippen molar-refractivity contribution in [1.29, 1.82) is 0 Å². The van der Waals surface area contributed by atoms with Gasteiger partial charge in [0, 0.05) is 25.2 Å². The first-order chi connectivity index (χ1) is 8.72. The average Bonchev–Trinajstić information content (AvgIpc) is 2.73. The summed E-state index contributed by atoms with van der Waals surface area (Å²) in [7, 11) is 0. The highest BCUT2D eigenvalue weighted by molar-refractivity contribution is 5.82. The summed E-state index contributed by atoms with van der Waals surface area (Å²) in [6, 6.07) is 3.69. The third-order valence-electron chi connectivity index (χ3n) is 3.06. The average molecular weight is 245 g/mol. The Kier molecular flexibility index (Phi) is 2.71. The molecule has 0 radical (unpaired) electrons. The Balaban J connectivity index is 1.84. The molecule has 6 nitrogen and oxygen atoms in total. The van der Waals surface area contributed by atoms with Gasteiger partial charge in [0.2, 0.25) is 5.91 Å². The van der Waals surface area contributed by atoms with E-state index in [1.54, 1.807) is 0 Å². The van der Waals surface area contributed by atoms with Gasteiger partial charge in [0.1, 0.15) is 5.82 Å². The van der Waals surface area contributed by atoms with Crippen LogP contribution in [0.4, 0.5) is 0 Å². The number of piperazine rings is 1. The Morgan fingerprint density at radius 1 is 1.33 bits per heavy atom. The van der Waals surface area contributed by atoms with Gasteiger partial charge in [0.05, 0.1) is 11.6 Å². The van der Waals surface area contributed by atoms with E-state index in [9.17, 15) is 4.79 Å². The zero-order valence-electron chi connectivity index (χ0n) is 10.2. The Morgan fingerprint density at radius 3 is 3.06 bits per heavy atom. The summed E-state index contributed by atoms with van der Waals surface area (Å²) in [5.41, 5.74) is 2.56. The van der Waals surface area contributed by atoms with Crippen LogP contribution in [0.1, 0.15) is 11.5 Å². The van der Waals surface area contributed by atoms with Gasteiger partial charge in [0.25, 0.3) is 0 Å². The first-order valence-electron chi connectivity index (χ1n) is 6.06. The minimum atomic E-state index is -0.208. The highest BCUT2D eigenvalue weighted by Crippen LogP contribution is 2.11. The number of carbonyl (C=O) groups is 1. The van der Waals surface area contributed by atoms with E-state index >= 15 is 0 Å². The van der Waals surface area contributed by atoms with Crippen LogP contribution in [0.5, 0.6) is 0 Å². The molecule has 1 saturated heterocycles. The van der Waals surface area contributed by atoms with E-state index in [4.69, 9.17) is 0 Å². The van der Waals surface area contributed by atoms with Gasteiger partial charge in [-0.2, -0.15) is 0 Å². The van der Waals surface area contributed by atoms with Gasteiger partial charge in [-0.1, -0.05) is 0 Å². The van der Waals surface area contributed by atoms with Crippen molar-refractivity contribution in [3.05, 3.63) is 23.7 Å². The molecule has 2 aromatic rings. The van der Waals surface area contributed by atoms with Crippen molar-refractivity contribution in [3.8, 4) is 0 Å². The molecule has 0 saturated carbocycles. The summed E-state index contributed by atoms with van der Waals surface area (Å²) in [5, 5.41) is 6.02. The van der Waals surface area contributed by atoms with E-state index < -0.39 is 0 Å². The predicted molar refractivity (Wildman–Crippen MR) is 67.1 cm³/mol. The molecule has 2 aromatic heterocycles. The van der Waals surface area contributed by atoms with Crippen molar-refractivity contribution in [3.63, 3.8) is 0 Å². The first kappa shape index (κ1) is 11.2. The molecule has 1 aliphatic rings. The fourth-order valence-electron chi connectivity index (χ4n) is 2.14. The fourth-order valence-corrected chi connectivity index (χ4v) is 2.14. The van der Waals surface area contributed by atoms with Crippen LogP contribution in [0.25, 0.3) is 11.2 Å². The number of hydrogen-bond acceptors (Lipinski definition) is 4. The summed E-state index contributed by atoms with van der Waals surface area (Å²) in [6.45, 7) is 3.42. The molecule has 1 fully saturated rings. The molecule has 0 bridgehead atoms. The molecule has 1 atom stereocenters. The fraction of sp³-hybridized carbons (Fsp3) is 0.417. The SMILES string of the molecule is Cc1ccc2[nH]c(CC3NCCNC3=O)nc2n1. The van der Waals surface area contributed by atoms with Crippen molar-refractivity contribution in [2.45, 2.75) is 19.4 Å². The molecule has 18 heavy (non-hydrogen) atoms. The van der Waals surface area contributed by atoms with Gasteiger partial charge in [0.15, 0.2) is 5.65 Å². The first-order valence-corrected chi connectivity index (χ1v) is 6.06. The van der Waals surface area contributed by atoms with Crippen LogP contribution in [0.3, 0.4) is 0 Å². The lowest BCUT2D eigenvalue weighted by atomic mass is 10.1. The molecule has 3 N–H and O–H groups in total. The van der Waals surface area contributed by atoms with Crippen molar-refractivity contribution in [1.82, 2.24) is 25.6 Å². The maximum absolute atomic E-state index is 11.6. The maximum Gasteiger partial charge on any atom is 0.237 e. The van der Waals surface area contributed by atoms with Crippen molar-refractivity contribution >= 4 is 17.1 Å². The molecule has 6 heteroatoms. The molecule has 3 rings (SSSR count). The molecule has 3 heterocycles. The molecule has 1 aliphatic heterocycles. The van der Waals surface area contributed by atoms with Crippen LogP contribution in [0.2, 0.25) is 0 Å². The number of pyridine rings is 1. The molecule has 1 amide bonds. The number of fused-ring (bicyclic) bond motifs is 1. The van der Waals surface area contributed by atoms with Gasteiger partial charge in [-0.25, -0.2) is 9.97 Å². The van der Waals surface area contributed by atoms with E-state index in [1.807, 2.05) is 19.1 Å². The van der Waals surface area contributed by atoms with Gasteiger partial charge >= 0.3 is 0 Å². The highest BCUT2D eigenvalue weighted by atomic mass is 16.2. The minimum absolute atomic E-state index is 0.0332. The normalized spacial score (nSPS) is 20.1. The minimum Gasteiger partial charge on any atom is -0.353 e. The number of imidazole rings is 1. The van der Waals surface area contributed by atoms with Crippen molar-refractivity contribution in [2.75, 3.05) is 13.1 Å². The summed E-state index contributed by atoms with van der Waals surface area (Å²) >= 11 is 0. The van der Waals surface area contributed by atoms with Gasteiger partial charge in [-0.15, -0.1) is 0 Å². The molecule has 0 aromatic carbocycles. The second-order valence-corrected chi connectivity index (χ2v) is 4.51. The zero-order chi connectivity index (χ0) is 12.5. The van der Waals surface area contributed by atoms with E-state index in [0.29, 0.717) is 18.6 Å². The zero-order valence-corrected chi connectivity index (χ0v) is 10.2. The van der Waals surface area contributed by atoms with E-state index in [-0.39, 0.29) is 11.9 Å². The standard InChI is InChI=1S/C12H15N5O/c1-7-2-3-8-11(15-7)17-10(16-8)6-9-12(18)14-5-4-13-9/h2-3,9,13H,4-6H2,1H3,(H,14,18)(H,15,16,17). The smallest absolute Gasteiger partial charge is 0.237 e. The second-order valence-electron chi connectivity index (χ2n) is 4.51. The molecular formula is C12H15N5O. The third-order valence-corrected chi connectivity index (χ3v) is 3.06. The lowest BCUT2D eigenvalue weighted by Gasteiger charge is -2.22. The highest BCUT2D eigenvalue weighted by Gasteiger charge is 2.22. The predicted octanol–water partition coefficient (Wildman–Crippen LogP) is -0.103. The molecule has 0 spiro atoms. The number of hydrogen-bond donors (Lipinski definition) is 3. The summed E-state index contributed by atoms with van der Waals surface area (Å²) < 4.78 is 0. The van der Waals surface area contributed by atoms with Gasteiger partial charge < -0.3 is 15.6 Å². The number of rotatable bonds is 2. The van der Waals surface area contributed by atoms with E-state index in [2.05, 4.69) is 25.6 Å². The topological polar surface area (TPSA) is 82.7 Å². The van der Waals surface area contributed by atoms with Crippen molar-refractivity contribution in [2.24, 2.45) is 0 Å². The Morgan fingerprint density at radius 2 is 2.22 bits per heavy atom. The number of aromatic amines is 1. The molecule has 1 unspecified atom stereocenters. The maximum atomic E-state index is 11.6. The number of amides is 1. The van der Waals surface area contributed by atoms with Crippen LogP contribution in [-0.2, 0) is 11.2 Å². The largest absolute Gasteiger partial charge is 0.353 e. The molecule has 0 aliphatic carbocycles. The molecule has 94 valence electrons. The summed E-state index contributed by atoms with van der Waals surface area (Å²) in [4.78, 5) is 23.6. The number of nitrogens with zero attached hydrogens (tertiary/aromatic N) is 2. The Bertz CT molecular complexity index is 591. The lowest BCUT2D eigenvalue weighted by Crippen LogP contribution is -2.53. The number of H-pyrrole nitrogens is 1. The Labute approximate surface area is 104 Å². The number of carbonyl (C=O) groups excluding carboxylic acids is 1. The second kappa shape index (κ2) is 4.38. The monoisotopic (exact) mass is 245 g/mol. The Hall–Kier alpha value is -1.95. The number of aryl methyl sites for hydroxylation is 1. The summed E-state index contributed by atoms with van der Waals surface area (Å²) in [6.07, 6.45) is 0.557. The number of aromatic nitrogens is 3. The van der Waals surface area contributed by atoms with Crippen LogP contribution < -0.4 is 10.6 Å². The van der Waals surface area contributed by atoms with Crippen molar-refractivity contribution < 1.29 is 4.79 Å². The van der Waals surface area contributed by atoms with Crippen LogP contribution in [0.15, 0.2) is 12.1 Å². The lowest BCUT2D eigenvalue weighted by molar-refractivity contribution is -0.124. The van der Waals surface area contributed by atoms with Gasteiger partial charge in [-0.3, -0.25) is 4.79 Å². The van der Waals surface area contributed by atoms with Crippen LogP contribution in [-0.4, -0.2) is 40.0 Å².